The number of rotatable bonds is 2. The van der Waals surface area contributed by atoms with Gasteiger partial charge in [-0.3, -0.25) is 4.79 Å². The van der Waals surface area contributed by atoms with Crippen molar-refractivity contribution in [3.8, 4) is 17.2 Å². The van der Waals surface area contributed by atoms with E-state index in [-0.39, 0.29) is 22.8 Å². The number of ether oxygens (including phenoxy) is 2. The highest BCUT2D eigenvalue weighted by Gasteiger charge is 2.33. The zero-order valence-electron chi connectivity index (χ0n) is 11.8. The summed E-state index contributed by atoms with van der Waals surface area (Å²) in [6.07, 6.45) is -1.29. The topological polar surface area (TPSA) is 89.1 Å². The molecule has 1 aliphatic rings. The number of ketones is 1. The van der Waals surface area contributed by atoms with Gasteiger partial charge in [0.15, 0.2) is 17.3 Å². The first-order valence-electron chi connectivity index (χ1n) is 6.67. The predicted octanol–water partition coefficient (Wildman–Crippen LogP) is 2.89. The predicted molar refractivity (Wildman–Crippen MR) is 77.5 cm³/mol. The van der Waals surface area contributed by atoms with Crippen LogP contribution in [-0.4, -0.2) is 23.1 Å². The number of benzene rings is 2. The molecule has 2 aromatic carbocycles. The minimum Gasteiger partial charge on any atom is -0.504 e. The monoisotopic (exact) mass is 300 g/mol. The van der Waals surface area contributed by atoms with E-state index in [9.17, 15) is 15.0 Å². The van der Waals surface area contributed by atoms with Crippen molar-refractivity contribution in [2.45, 2.75) is 13.2 Å². The molecule has 0 saturated heterocycles. The second kappa shape index (κ2) is 4.14. The van der Waals surface area contributed by atoms with Gasteiger partial charge in [0.05, 0.1) is 23.6 Å². The maximum atomic E-state index is 11.8. The summed E-state index contributed by atoms with van der Waals surface area (Å²) in [7, 11) is 1.49. The van der Waals surface area contributed by atoms with Gasteiger partial charge in [-0.2, -0.15) is 0 Å². The van der Waals surface area contributed by atoms with E-state index in [1.165, 1.54) is 20.1 Å². The Hall–Kier alpha value is -2.73. The second-order valence-electron chi connectivity index (χ2n) is 5.16. The lowest BCUT2D eigenvalue weighted by molar-refractivity contribution is -0.0217. The number of furan rings is 1. The van der Waals surface area contributed by atoms with Crippen LogP contribution in [0.3, 0.4) is 0 Å². The van der Waals surface area contributed by atoms with Gasteiger partial charge in [-0.15, -0.1) is 0 Å². The fourth-order valence-corrected chi connectivity index (χ4v) is 2.97. The van der Waals surface area contributed by atoms with E-state index in [1.54, 1.807) is 12.1 Å². The third-order valence-corrected chi connectivity index (χ3v) is 3.92. The summed E-state index contributed by atoms with van der Waals surface area (Å²) in [6, 6.07) is 4.64. The van der Waals surface area contributed by atoms with Crippen molar-refractivity contribution in [2.75, 3.05) is 7.11 Å². The maximum absolute atomic E-state index is 11.8. The fraction of sp³-hybridized carbons (Fsp3) is 0.188. The molecule has 0 radical (unpaired) electrons. The van der Waals surface area contributed by atoms with Crippen molar-refractivity contribution >= 4 is 27.7 Å². The molecule has 6 nitrogen and oxygen atoms in total. The number of carbonyl (C=O) groups excluding carboxylic acids is 1. The number of methoxy groups -OCH3 is 1. The standard InChI is InChI=1S/C16H12O6/c1-6(17)7-5-8(18)15-13-11-10(21-14(7)13)4-3-9(20-2)12(11)16(19)22-15/h3-5,16,18-19H,1-2H3. The summed E-state index contributed by atoms with van der Waals surface area (Å²) in [6.45, 7) is 1.39. The molecule has 1 atom stereocenters. The average molecular weight is 300 g/mol. The highest BCUT2D eigenvalue weighted by atomic mass is 16.6. The molecule has 1 unspecified atom stereocenters. The highest BCUT2D eigenvalue weighted by Crippen LogP contribution is 2.51. The number of phenolic OH excluding ortho intramolecular Hbond substituents is 1. The molecule has 0 amide bonds. The Morgan fingerprint density at radius 2 is 2.09 bits per heavy atom. The Balaban J connectivity index is 2.29. The summed E-state index contributed by atoms with van der Waals surface area (Å²) in [4.78, 5) is 11.8. The van der Waals surface area contributed by atoms with E-state index < -0.39 is 6.29 Å². The second-order valence-corrected chi connectivity index (χ2v) is 5.16. The van der Waals surface area contributed by atoms with Crippen molar-refractivity contribution in [3.05, 3.63) is 29.3 Å². The zero-order valence-corrected chi connectivity index (χ0v) is 11.8. The van der Waals surface area contributed by atoms with E-state index >= 15 is 0 Å². The van der Waals surface area contributed by atoms with Crippen LogP contribution in [0.5, 0.6) is 17.2 Å². The first kappa shape index (κ1) is 13.0. The molecule has 1 aliphatic heterocycles. The smallest absolute Gasteiger partial charge is 0.228 e. The van der Waals surface area contributed by atoms with Gasteiger partial charge >= 0.3 is 0 Å². The molecule has 2 N–H and O–H groups in total. The third kappa shape index (κ3) is 1.44. The summed E-state index contributed by atoms with van der Waals surface area (Å²) in [5.41, 5.74) is 1.50. The Labute approximate surface area is 124 Å². The number of hydrogen-bond acceptors (Lipinski definition) is 6. The molecule has 2 heterocycles. The van der Waals surface area contributed by atoms with Gasteiger partial charge in [0.25, 0.3) is 0 Å². The summed E-state index contributed by atoms with van der Waals surface area (Å²) in [5.74, 6) is 0.0986. The Kier molecular flexibility index (Phi) is 2.44. The lowest BCUT2D eigenvalue weighted by Crippen LogP contribution is -2.12. The molecule has 3 aromatic rings. The average Bonchev–Trinajstić information content (AvgIpc) is 2.87. The lowest BCUT2D eigenvalue weighted by atomic mass is 9.99. The van der Waals surface area contributed by atoms with Gasteiger partial charge in [0.2, 0.25) is 6.29 Å². The number of Topliss-reactive ketones (excluding diaryl/α,β-unsaturated/α-hetero) is 1. The van der Waals surface area contributed by atoms with Gasteiger partial charge in [-0.1, -0.05) is 0 Å². The van der Waals surface area contributed by atoms with Crippen molar-refractivity contribution in [3.63, 3.8) is 0 Å². The third-order valence-electron chi connectivity index (χ3n) is 3.92. The fourth-order valence-electron chi connectivity index (χ4n) is 2.97. The van der Waals surface area contributed by atoms with E-state index in [0.29, 0.717) is 33.3 Å². The van der Waals surface area contributed by atoms with Crippen LogP contribution < -0.4 is 9.47 Å². The highest BCUT2D eigenvalue weighted by molar-refractivity contribution is 6.18. The van der Waals surface area contributed by atoms with Gasteiger partial charge in [-0.05, 0) is 25.1 Å². The molecular weight excluding hydrogens is 288 g/mol. The van der Waals surface area contributed by atoms with E-state index in [1.807, 2.05) is 0 Å². The summed E-state index contributed by atoms with van der Waals surface area (Å²) < 4.78 is 16.4. The number of aromatic hydroxyl groups is 1. The molecule has 0 fully saturated rings. The van der Waals surface area contributed by atoms with E-state index in [0.717, 1.165) is 0 Å². The molecule has 6 heteroatoms. The van der Waals surface area contributed by atoms with Crippen molar-refractivity contribution < 1.29 is 28.9 Å². The van der Waals surface area contributed by atoms with Gasteiger partial charge in [0, 0.05) is 5.39 Å². The molecule has 0 saturated carbocycles. The van der Waals surface area contributed by atoms with Gasteiger partial charge in [-0.25, -0.2) is 0 Å². The number of phenols is 1. The van der Waals surface area contributed by atoms with Crippen LogP contribution in [-0.2, 0) is 0 Å². The Bertz CT molecular complexity index is 953. The van der Waals surface area contributed by atoms with Crippen LogP contribution in [0, 0.1) is 0 Å². The Morgan fingerprint density at radius 3 is 2.77 bits per heavy atom. The van der Waals surface area contributed by atoms with E-state index in [2.05, 4.69) is 0 Å². The molecule has 1 aromatic heterocycles. The first-order chi connectivity index (χ1) is 10.5. The SMILES string of the molecule is COc1ccc2oc3c(C(C)=O)cc(O)c4c3c2c1C(O)O4. The summed E-state index contributed by atoms with van der Waals surface area (Å²) >= 11 is 0. The minimum absolute atomic E-state index is 0.104. The van der Waals surface area contributed by atoms with Crippen LogP contribution in [0.4, 0.5) is 0 Å². The summed E-state index contributed by atoms with van der Waals surface area (Å²) in [5, 5.41) is 21.4. The van der Waals surface area contributed by atoms with Crippen molar-refractivity contribution in [1.82, 2.24) is 0 Å². The van der Waals surface area contributed by atoms with Gasteiger partial charge < -0.3 is 24.1 Å². The van der Waals surface area contributed by atoms with Crippen molar-refractivity contribution in [2.24, 2.45) is 0 Å². The molecule has 0 spiro atoms. The number of aliphatic hydroxyl groups excluding tert-OH is 1. The number of aliphatic hydroxyl groups is 1. The van der Waals surface area contributed by atoms with Crippen LogP contribution in [0.2, 0.25) is 0 Å². The van der Waals surface area contributed by atoms with Crippen LogP contribution in [0.25, 0.3) is 21.9 Å². The van der Waals surface area contributed by atoms with Crippen LogP contribution in [0.15, 0.2) is 22.6 Å². The quantitative estimate of drug-likeness (QED) is 0.707. The zero-order chi connectivity index (χ0) is 15.6. The molecule has 0 aliphatic carbocycles. The van der Waals surface area contributed by atoms with Crippen LogP contribution in [0.1, 0.15) is 29.1 Å². The van der Waals surface area contributed by atoms with Crippen LogP contribution >= 0.6 is 0 Å². The molecule has 112 valence electrons. The minimum atomic E-state index is -1.29. The number of hydrogen-bond donors (Lipinski definition) is 2. The first-order valence-corrected chi connectivity index (χ1v) is 6.67. The number of carbonyl (C=O) groups is 1. The molecular formula is C16H12O6. The normalized spacial score (nSPS) is 16.2. The molecule has 4 rings (SSSR count). The molecule has 0 bridgehead atoms. The van der Waals surface area contributed by atoms with E-state index in [4.69, 9.17) is 13.9 Å². The molecule has 22 heavy (non-hydrogen) atoms. The maximum Gasteiger partial charge on any atom is 0.228 e. The van der Waals surface area contributed by atoms with Crippen molar-refractivity contribution in [1.29, 1.82) is 0 Å². The lowest BCUT2D eigenvalue weighted by Gasteiger charge is -2.22. The van der Waals surface area contributed by atoms with Gasteiger partial charge in [0.1, 0.15) is 16.9 Å². The largest absolute Gasteiger partial charge is 0.504 e. The Morgan fingerprint density at radius 1 is 1.32 bits per heavy atom.